The zero-order valence-corrected chi connectivity index (χ0v) is 41.7. The molecule has 406 valence electrons. The molecule has 1 aromatic rings. The molecule has 0 saturated carbocycles. The van der Waals surface area contributed by atoms with Crippen LogP contribution in [-0.2, 0) is 67.2 Å². The molecular formula is C45H91N2O18PS2. The lowest BCUT2D eigenvalue weighted by atomic mass is 9.99. The number of carbonyl (C=O) groups excluding carboxylic acids is 4. The molecule has 2 saturated heterocycles. The molecule has 0 radical (unpaired) electrons. The Kier molecular flexibility index (Phi) is 45.7. The molecule has 5 atom stereocenters. The van der Waals surface area contributed by atoms with Gasteiger partial charge in [0.1, 0.15) is 19.8 Å². The Morgan fingerprint density at radius 2 is 1.15 bits per heavy atom. The number of morpholine rings is 1. The molecular weight excluding hydrogens is 952 g/mol. The Balaban J connectivity index is -0.000000175. The molecule has 2 heterocycles. The van der Waals surface area contributed by atoms with E-state index in [9.17, 15) is 40.6 Å². The average Bonchev–Trinajstić information content (AvgIpc) is 3.70. The second-order valence-corrected chi connectivity index (χ2v) is 18.8. The lowest BCUT2D eigenvalue weighted by molar-refractivity contribution is -0.149. The Morgan fingerprint density at radius 1 is 0.691 bits per heavy atom. The van der Waals surface area contributed by atoms with Crippen molar-refractivity contribution in [3.8, 4) is 0 Å². The largest absolute Gasteiger partial charge is 0.469 e. The molecule has 68 heavy (non-hydrogen) atoms. The average molecular weight is 1040 g/mol. The van der Waals surface area contributed by atoms with Crippen molar-refractivity contribution < 1.29 is 82.4 Å². The normalized spacial score (nSPS) is 15.4. The van der Waals surface area contributed by atoms with E-state index in [-0.39, 0.29) is 90.7 Å². The summed E-state index contributed by atoms with van der Waals surface area (Å²) in [4.78, 5) is 65.1. The highest BCUT2D eigenvalue weighted by atomic mass is 32.3. The minimum absolute atomic E-state index is 0. The first kappa shape index (κ1) is 76.4. The van der Waals surface area contributed by atoms with Crippen molar-refractivity contribution in [3.63, 3.8) is 0 Å². The van der Waals surface area contributed by atoms with Gasteiger partial charge < -0.3 is 33.8 Å². The molecule has 3 rings (SSSR count). The predicted octanol–water partition coefficient (Wildman–Crippen LogP) is 8.37. The molecule has 0 bridgehead atoms. The first-order valence-electron chi connectivity index (χ1n) is 21.6. The van der Waals surface area contributed by atoms with Crippen molar-refractivity contribution in [3.05, 3.63) is 29.8 Å². The van der Waals surface area contributed by atoms with E-state index in [1.165, 1.54) is 12.1 Å². The summed E-state index contributed by atoms with van der Waals surface area (Å²) in [7, 11) is -12.9. The maximum absolute atomic E-state index is 11.6. The van der Waals surface area contributed by atoms with Crippen LogP contribution < -0.4 is 0 Å². The van der Waals surface area contributed by atoms with Gasteiger partial charge >= 0.3 is 30.2 Å². The molecule has 4 N–H and O–H groups in total. The predicted molar refractivity (Wildman–Crippen MR) is 266 cm³/mol. The summed E-state index contributed by atoms with van der Waals surface area (Å²) in [6.45, 7) is 22.4. The van der Waals surface area contributed by atoms with E-state index >= 15 is 0 Å². The number of rotatable bonds is 19. The van der Waals surface area contributed by atoms with Gasteiger partial charge in [0.05, 0.1) is 36.6 Å². The van der Waals surface area contributed by atoms with Gasteiger partial charge in [-0.1, -0.05) is 104 Å². The molecule has 2 amide bonds. The van der Waals surface area contributed by atoms with Crippen LogP contribution in [0.3, 0.4) is 0 Å². The summed E-state index contributed by atoms with van der Waals surface area (Å²) in [6.07, 6.45) is 6.15. The maximum Gasteiger partial charge on any atom is 0.469 e. The zero-order chi connectivity index (χ0) is 49.7. The van der Waals surface area contributed by atoms with Gasteiger partial charge in [0.25, 0.3) is 10.1 Å². The molecule has 0 aliphatic carbocycles. The monoisotopic (exact) mass is 1040 g/mol. The van der Waals surface area contributed by atoms with Gasteiger partial charge in [0.2, 0.25) is 11.8 Å². The number of phosphoric acid groups is 1. The number of nitrogens with zero attached hydrogens (tertiary/aromatic N) is 2. The molecule has 5 unspecified atom stereocenters. The number of hydrogen-bond acceptors (Lipinski definition) is 14. The van der Waals surface area contributed by atoms with Crippen LogP contribution in [-0.4, -0.2) is 135 Å². The van der Waals surface area contributed by atoms with Gasteiger partial charge in [-0.3, -0.25) is 32.8 Å². The van der Waals surface area contributed by atoms with Crippen molar-refractivity contribution in [2.24, 2.45) is 17.8 Å². The van der Waals surface area contributed by atoms with Gasteiger partial charge in [-0.05, 0) is 69.1 Å². The fourth-order valence-electron chi connectivity index (χ4n) is 5.03. The number of amides is 2. The fourth-order valence-corrected chi connectivity index (χ4v) is 6.10. The summed E-state index contributed by atoms with van der Waals surface area (Å²) >= 11 is 0. The third-order valence-corrected chi connectivity index (χ3v) is 12.0. The van der Waals surface area contributed by atoms with Crippen LogP contribution >= 0.6 is 7.82 Å². The molecule has 2 aliphatic rings. The van der Waals surface area contributed by atoms with Crippen LogP contribution in [0.25, 0.3) is 0 Å². The van der Waals surface area contributed by atoms with Gasteiger partial charge in [0, 0.05) is 38.0 Å². The van der Waals surface area contributed by atoms with Crippen LogP contribution in [0, 0.1) is 17.8 Å². The first-order chi connectivity index (χ1) is 29.7. The molecule has 0 spiro atoms. The Labute approximate surface area is 410 Å². The summed E-state index contributed by atoms with van der Waals surface area (Å²) < 4.78 is 91.2. The summed E-state index contributed by atoms with van der Waals surface area (Å²) in [6, 6.07) is 6.78. The minimum atomic E-state index is -4.45. The molecule has 20 nitrogen and oxygen atoms in total. The number of likely N-dealkylation sites (tertiary alicyclic amines) is 1. The quantitative estimate of drug-likeness (QED) is 0.0438. The molecule has 23 heteroatoms. The van der Waals surface area contributed by atoms with Crippen molar-refractivity contribution >= 4 is 52.1 Å². The lowest BCUT2D eigenvalue weighted by Crippen LogP contribution is -2.43. The Hall–Kier alpha value is -3.05. The van der Waals surface area contributed by atoms with E-state index in [1.807, 2.05) is 37.5 Å². The Morgan fingerprint density at radius 3 is 1.50 bits per heavy atom. The van der Waals surface area contributed by atoms with Crippen molar-refractivity contribution in [2.45, 2.75) is 161 Å². The van der Waals surface area contributed by atoms with E-state index in [0.717, 1.165) is 57.3 Å². The lowest BCUT2D eigenvalue weighted by Gasteiger charge is -2.28. The standard InChI is InChI=1S/C10H14O3S.C9H17NO2.C8H15NO.C7H15O6P.C7H14O6S.4CH4/c1-3-8(2)9-4-6-10(7-5-9)14(11,12)13;1-3-8(2)9(11)10-4-6-12-7-5-10;1-3-7(2)9-6-4-5-8(9)10;2*1-3-6(2)7(8)12-4-5-13-14(9,10)11;;;;/h4-8H,3H2,1-2H3,(H,11,12,13);8H,3-7H2,1-2H3;7H,3-6H2,1-2H3;6H,3-5H2,1-2H3,(H2,9,10,11);6H,3-5H2,1-2H3,(H,9,10,11);4*1H4. The number of hydrogen-bond donors (Lipinski definition) is 4. The highest BCUT2D eigenvalue weighted by Gasteiger charge is 2.24. The number of benzene rings is 1. The van der Waals surface area contributed by atoms with E-state index in [1.54, 1.807) is 26.0 Å². The second kappa shape index (κ2) is 40.7. The minimum Gasteiger partial charge on any atom is -0.463 e. The van der Waals surface area contributed by atoms with E-state index < -0.39 is 34.3 Å². The molecule has 2 fully saturated rings. The van der Waals surface area contributed by atoms with Crippen molar-refractivity contribution in [1.82, 2.24) is 9.80 Å². The number of esters is 2. The second-order valence-electron chi connectivity index (χ2n) is 15.1. The van der Waals surface area contributed by atoms with Gasteiger partial charge in [-0.25, -0.2) is 8.75 Å². The van der Waals surface area contributed by atoms with Crippen LogP contribution in [0.4, 0.5) is 0 Å². The number of carbonyl (C=O) groups is 4. The topological polar surface area (TPSA) is 287 Å². The fraction of sp³-hybridized carbons (Fsp3) is 0.778. The maximum atomic E-state index is 11.6. The Bertz CT molecular complexity index is 1760. The van der Waals surface area contributed by atoms with Crippen LogP contribution in [0.5, 0.6) is 0 Å². The summed E-state index contributed by atoms with van der Waals surface area (Å²) in [5.41, 5.74) is 1.08. The van der Waals surface area contributed by atoms with Crippen LogP contribution in [0.15, 0.2) is 29.2 Å². The van der Waals surface area contributed by atoms with Crippen molar-refractivity contribution in [2.75, 3.05) is 59.3 Å². The van der Waals surface area contributed by atoms with E-state index in [4.69, 9.17) is 23.6 Å². The van der Waals surface area contributed by atoms with Gasteiger partial charge in [0.15, 0.2) is 0 Å². The SMILES string of the molecule is C.C.C.C.CCC(C)C(=O)N1CCOCC1.CCC(C)C(=O)OCCOP(=O)(O)O.CCC(C)C(=O)OCCOS(=O)(=O)O.CCC(C)N1CCCC1=O.CCC(C)c1ccc(S(=O)(=O)O)cc1. The molecule has 0 aromatic heterocycles. The zero-order valence-electron chi connectivity index (χ0n) is 39.2. The first-order valence-corrected chi connectivity index (χ1v) is 25.9. The highest BCUT2D eigenvalue weighted by Crippen LogP contribution is 2.35. The molecule has 2 aliphatic heterocycles. The third kappa shape index (κ3) is 36.9. The molecule has 1 aromatic carbocycles. The summed E-state index contributed by atoms with van der Waals surface area (Å²) in [5, 5.41) is 0. The number of phosphoric ester groups is 1. The van der Waals surface area contributed by atoms with Crippen LogP contribution in [0.1, 0.15) is 155 Å². The van der Waals surface area contributed by atoms with Crippen molar-refractivity contribution in [1.29, 1.82) is 0 Å². The smallest absolute Gasteiger partial charge is 0.463 e. The van der Waals surface area contributed by atoms with E-state index in [2.05, 4.69) is 45.9 Å². The van der Waals surface area contributed by atoms with Gasteiger partial charge in [-0.2, -0.15) is 16.8 Å². The van der Waals surface area contributed by atoms with E-state index in [0.29, 0.717) is 43.9 Å². The number of ether oxygens (including phenoxy) is 3. The van der Waals surface area contributed by atoms with Crippen LogP contribution in [0.2, 0.25) is 0 Å². The third-order valence-electron chi connectivity index (χ3n) is 10.1. The van der Waals surface area contributed by atoms with Gasteiger partial charge in [-0.15, -0.1) is 0 Å². The summed E-state index contributed by atoms with van der Waals surface area (Å²) in [5.74, 6) is -0.0252. The highest BCUT2D eigenvalue weighted by molar-refractivity contribution is 7.85.